The Morgan fingerprint density at radius 3 is 2.48 bits per heavy atom. The third kappa shape index (κ3) is 3.14. The molecule has 7 heteroatoms. The zero-order valence-corrected chi connectivity index (χ0v) is 13.1. The quantitative estimate of drug-likeness (QED) is 0.819. The van der Waals surface area contributed by atoms with Crippen LogP contribution in [0.3, 0.4) is 0 Å². The normalized spacial score (nSPS) is 15.0. The van der Waals surface area contributed by atoms with E-state index in [0.717, 1.165) is 6.42 Å². The summed E-state index contributed by atoms with van der Waals surface area (Å²) in [4.78, 5) is 4.28. The molecule has 1 heterocycles. The number of hydrogen-bond donors (Lipinski definition) is 0. The highest BCUT2D eigenvalue weighted by molar-refractivity contribution is 7.89. The van der Waals surface area contributed by atoms with Crippen molar-refractivity contribution in [1.82, 2.24) is 14.4 Å². The molecule has 0 amide bonds. The zero-order chi connectivity index (χ0) is 15.5. The fourth-order valence-corrected chi connectivity index (χ4v) is 3.65. The van der Waals surface area contributed by atoms with Crippen molar-refractivity contribution in [1.29, 1.82) is 0 Å². The van der Waals surface area contributed by atoms with E-state index in [2.05, 4.69) is 10.1 Å². The van der Waals surface area contributed by atoms with E-state index < -0.39 is 16.1 Å². The van der Waals surface area contributed by atoms with Crippen molar-refractivity contribution in [2.45, 2.75) is 31.2 Å². The SMILES string of the molecule is CCC(C)[C@@H](c1ncon1)N(C)S(=O)(=O)c1ccccc1. The van der Waals surface area contributed by atoms with Gasteiger partial charge in [-0.2, -0.15) is 9.29 Å². The third-order valence-electron chi connectivity index (χ3n) is 3.64. The predicted molar refractivity (Wildman–Crippen MR) is 77.9 cm³/mol. The lowest BCUT2D eigenvalue weighted by molar-refractivity contribution is 0.259. The van der Waals surface area contributed by atoms with Crippen LogP contribution in [0.4, 0.5) is 0 Å². The minimum absolute atomic E-state index is 0.0612. The molecule has 1 unspecified atom stereocenters. The zero-order valence-electron chi connectivity index (χ0n) is 12.3. The van der Waals surface area contributed by atoms with Gasteiger partial charge < -0.3 is 4.52 Å². The number of rotatable bonds is 6. The summed E-state index contributed by atoms with van der Waals surface area (Å²) in [6.45, 7) is 3.97. The lowest BCUT2D eigenvalue weighted by Crippen LogP contribution is -2.35. The van der Waals surface area contributed by atoms with Crippen LogP contribution >= 0.6 is 0 Å². The highest BCUT2D eigenvalue weighted by Gasteiger charge is 2.34. The standard InChI is InChI=1S/C14H19N3O3S/c1-4-11(2)13(14-15-10-20-16-14)17(3)21(18,19)12-8-6-5-7-9-12/h5-11,13H,4H2,1-3H3/t11?,13-/m0/s1. The Hall–Kier alpha value is -1.73. The van der Waals surface area contributed by atoms with Crippen LogP contribution in [-0.4, -0.2) is 29.9 Å². The van der Waals surface area contributed by atoms with Gasteiger partial charge in [0, 0.05) is 7.05 Å². The largest absolute Gasteiger partial charge is 0.343 e. The molecule has 21 heavy (non-hydrogen) atoms. The molecule has 0 aliphatic rings. The number of benzene rings is 1. The van der Waals surface area contributed by atoms with Gasteiger partial charge in [-0.3, -0.25) is 0 Å². The molecule has 2 rings (SSSR count). The Morgan fingerprint density at radius 2 is 1.95 bits per heavy atom. The summed E-state index contributed by atoms with van der Waals surface area (Å²) >= 11 is 0. The maximum absolute atomic E-state index is 12.7. The van der Waals surface area contributed by atoms with E-state index in [-0.39, 0.29) is 10.8 Å². The summed E-state index contributed by atoms with van der Waals surface area (Å²) < 4.78 is 31.6. The van der Waals surface area contributed by atoms with Gasteiger partial charge in [0.2, 0.25) is 16.4 Å². The average molecular weight is 309 g/mol. The van der Waals surface area contributed by atoms with Gasteiger partial charge in [-0.15, -0.1) is 0 Å². The summed E-state index contributed by atoms with van der Waals surface area (Å²) in [7, 11) is -2.06. The molecular formula is C14H19N3O3S. The molecule has 6 nitrogen and oxygen atoms in total. The number of aromatic nitrogens is 2. The van der Waals surface area contributed by atoms with Crippen molar-refractivity contribution < 1.29 is 12.9 Å². The first kappa shape index (κ1) is 15.7. The smallest absolute Gasteiger partial charge is 0.243 e. The van der Waals surface area contributed by atoms with Gasteiger partial charge in [0.25, 0.3) is 0 Å². The van der Waals surface area contributed by atoms with E-state index in [0.29, 0.717) is 5.82 Å². The minimum atomic E-state index is -3.61. The number of sulfonamides is 1. The topological polar surface area (TPSA) is 76.3 Å². The summed E-state index contributed by atoms with van der Waals surface area (Å²) in [6, 6.07) is 7.88. The molecule has 0 saturated carbocycles. The molecule has 114 valence electrons. The third-order valence-corrected chi connectivity index (χ3v) is 5.49. The fourth-order valence-electron chi connectivity index (χ4n) is 2.22. The first-order valence-electron chi connectivity index (χ1n) is 6.77. The van der Waals surface area contributed by atoms with E-state index >= 15 is 0 Å². The van der Waals surface area contributed by atoms with E-state index in [1.165, 1.54) is 10.7 Å². The van der Waals surface area contributed by atoms with Gasteiger partial charge in [-0.25, -0.2) is 8.42 Å². The maximum atomic E-state index is 12.7. The van der Waals surface area contributed by atoms with Gasteiger partial charge in [0.1, 0.15) is 0 Å². The molecule has 0 fully saturated rings. The molecular weight excluding hydrogens is 290 g/mol. The second-order valence-corrected chi connectivity index (χ2v) is 6.95. The Morgan fingerprint density at radius 1 is 1.29 bits per heavy atom. The van der Waals surface area contributed by atoms with E-state index in [1.54, 1.807) is 37.4 Å². The predicted octanol–water partition coefficient (Wildman–Crippen LogP) is 2.48. The van der Waals surface area contributed by atoms with Crippen LogP contribution in [0.25, 0.3) is 0 Å². The van der Waals surface area contributed by atoms with E-state index in [1.807, 2.05) is 13.8 Å². The van der Waals surface area contributed by atoms with Gasteiger partial charge in [0.15, 0.2) is 5.82 Å². The average Bonchev–Trinajstić information content (AvgIpc) is 3.02. The monoisotopic (exact) mass is 309 g/mol. The number of nitrogens with zero attached hydrogens (tertiary/aromatic N) is 3. The van der Waals surface area contributed by atoms with Crippen molar-refractivity contribution >= 4 is 10.0 Å². The molecule has 0 spiro atoms. The van der Waals surface area contributed by atoms with Crippen LogP contribution in [0.5, 0.6) is 0 Å². The van der Waals surface area contributed by atoms with Crippen LogP contribution < -0.4 is 0 Å². The molecule has 0 N–H and O–H groups in total. The van der Waals surface area contributed by atoms with Crippen LogP contribution in [0.1, 0.15) is 32.1 Å². The molecule has 0 aliphatic carbocycles. The van der Waals surface area contributed by atoms with Crippen molar-refractivity contribution in [2.24, 2.45) is 5.92 Å². The van der Waals surface area contributed by atoms with Crippen LogP contribution in [-0.2, 0) is 10.0 Å². The summed E-state index contributed by atoms with van der Waals surface area (Å²) in [5.74, 6) is 0.442. The second-order valence-electron chi connectivity index (χ2n) is 4.95. The van der Waals surface area contributed by atoms with Gasteiger partial charge >= 0.3 is 0 Å². The molecule has 0 bridgehead atoms. The molecule has 0 aliphatic heterocycles. The van der Waals surface area contributed by atoms with E-state index in [4.69, 9.17) is 4.52 Å². The summed E-state index contributed by atoms with van der Waals surface area (Å²) in [5, 5.41) is 3.82. The lowest BCUT2D eigenvalue weighted by atomic mass is 9.99. The Kier molecular flexibility index (Phi) is 4.74. The summed E-state index contributed by atoms with van der Waals surface area (Å²) in [6.07, 6.45) is 2.02. The van der Waals surface area contributed by atoms with E-state index in [9.17, 15) is 8.42 Å². The lowest BCUT2D eigenvalue weighted by Gasteiger charge is -2.29. The first-order valence-corrected chi connectivity index (χ1v) is 8.21. The summed E-state index contributed by atoms with van der Waals surface area (Å²) in [5.41, 5.74) is 0. The fraction of sp³-hybridized carbons (Fsp3) is 0.429. The molecule has 0 saturated heterocycles. The van der Waals surface area contributed by atoms with Crippen LogP contribution in [0, 0.1) is 5.92 Å². The van der Waals surface area contributed by atoms with Crippen LogP contribution in [0.15, 0.2) is 46.1 Å². The van der Waals surface area contributed by atoms with Crippen molar-refractivity contribution in [3.8, 4) is 0 Å². The van der Waals surface area contributed by atoms with Crippen LogP contribution in [0.2, 0.25) is 0 Å². The van der Waals surface area contributed by atoms with Crippen molar-refractivity contribution in [2.75, 3.05) is 7.05 Å². The Bertz CT molecular complexity index is 656. The molecule has 1 aromatic carbocycles. The first-order chi connectivity index (χ1) is 9.98. The highest BCUT2D eigenvalue weighted by Crippen LogP contribution is 2.31. The van der Waals surface area contributed by atoms with Crippen molar-refractivity contribution in [3.05, 3.63) is 42.5 Å². The molecule has 0 radical (unpaired) electrons. The molecule has 2 atom stereocenters. The minimum Gasteiger partial charge on any atom is -0.343 e. The van der Waals surface area contributed by atoms with Gasteiger partial charge in [-0.1, -0.05) is 43.6 Å². The Labute approximate surface area is 124 Å². The molecule has 1 aromatic heterocycles. The van der Waals surface area contributed by atoms with Crippen molar-refractivity contribution in [3.63, 3.8) is 0 Å². The highest BCUT2D eigenvalue weighted by atomic mass is 32.2. The van der Waals surface area contributed by atoms with Gasteiger partial charge in [0.05, 0.1) is 10.9 Å². The molecule has 2 aromatic rings. The second kappa shape index (κ2) is 6.36. The van der Waals surface area contributed by atoms with Gasteiger partial charge in [-0.05, 0) is 18.1 Å². The maximum Gasteiger partial charge on any atom is 0.243 e. The number of hydrogen-bond acceptors (Lipinski definition) is 5. The Balaban J connectivity index is 2.41.